The van der Waals surface area contributed by atoms with E-state index in [1.165, 1.54) is 6.07 Å². The monoisotopic (exact) mass is 233 g/mol. The summed E-state index contributed by atoms with van der Waals surface area (Å²) in [4.78, 5) is 3.89. The van der Waals surface area contributed by atoms with E-state index in [4.69, 9.17) is 10.4 Å². The number of pyridine rings is 1. The van der Waals surface area contributed by atoms with Gasteiger partial charge in [-0.05, 0) is 12.1 Å². The van der Waals surface area contributed by atoms with Crippen molar-refractivity contribution in [3.05, 3.63) is 35.9 Å². The summed E-state index contributed by atoms with van der Waals surface area (Å²) >= 11 is 0. The van der Waals surface area contributed by atoms with Crippen molar-refractivity contribution in [2.75, 3.05) is 0 Å². The quantitative estimate of drug-likeness (QED) is 0.786. The minimum absolute atomic E-state index is 0.245. The summed E-state index contributed by atoms with van der Waals surface area (Å²) in [5, 5.41) is 14.2. The van der Waals surface area contributed by atoms with Gasteiger partial charge in [0.15, 0.2) is 5.03 Å². The molecule has 0 spiro atoms. The minimum Gasteiger partial charge on any atom is -0.235 e. The number of nitrogens with two attached hydrogens (primary N) is 1. The molecule has 0 fully saturated rings. The number of hydrogen-bond acceptors (Lipinski definition) is 4. The molecule has 0 aliphatic heterocycles. The number of nitrogens with zero attached hydrogens (tertiary/aromatic N) is 2. The van der Waals surface area contributed by atoms with Crippen molar-refractivity contribution in [1.82, 2.24) is 4.98 Å². The maximum Gasteiger partial charge on any atom is 0.255 e. The van der Waals surface area contributed by atoms with Crippen molar-refractivity contribution in [1.29, 1.82) is 5.26 Å². The van der Waals surface area contributed by atoms with Gasteiger partial charge in [-0.15, -0.1) is 0 Å². The molecule has 2 N–H and O–H groups in total. The molecular weight excluding hydrogens is 226 g/mol. The number of aromatic nitrogens is 1. The van der Waals surface area contributed by atoms with Crippen LogP contribution in [0, 0.1) is 11.3 Å². The molecule has 0 saturated carbocycles. The van der Waals surface area contributed by atoms with E-state index < -0.39 is 10.0 Å². The number of para-hydroxylation sites is 1. The summed E-state index contributed by atoms with van der Waals surface area (Å²) < 4.78 is 22.3. The first-order chi connectivity index (χ1) is 7.52. The topological polar surface area (TPSA) is 96.8 Å². The highest BCUT2D eigenvalue weighted by Crippen LogP contribution is 2.19. The van der Waals surface area contributed by atoms with Gasteiger partial charge in [-0.1, -0.05) is 18.2 Å². The third-order valence-corrected chi connectivity index (χ3v) is 2.90. The van der Waals surface area contributed by atoms with Crippen LogP contribution in [0.3, 0.4) is 0 Å². The minimum atomic E-state index is -3.89. The van der Waals surface area contributed by atoms with Gasteiger partial charge in [0, 0.05) is 5.39 Å². The van der Waals surface area contributed by atoms with Crippen molar-refractivity contribution < 1.29 is 8.42 Å². The zero-order valence-corrected chi connectivity index (χ0v) is 8.90. The molecule has 0 saturated heterocycles. The lowest BCUT2D eigenvalue weighted by atomic mass is 10.1. The fourth-order valence-corrected chi connectivity index (χ4v) is 1.90. The van der Waals surface area contributed by atoms with Crippen LogP contribution < -0.4 is 5.14 Å². The fourth-order valence-electron chi connectivity index (χ4n) is 1.39. The molecule has 2 aromatic rings. The van der Waals surface area contributed by atoms with Crippen LogP contribution in [0.2, 0.25) is 0 Å². The molecule has 1 aromatic heterocycles. The number of rotatable bonds is 1. The third-order valence-electron chi connectivity index (χ3n) is 2.10. The summed E-state index contributed by atoms with van der Waals surface area (Å²) in [7, 11) is -3.89. The van der Waals surface area contributed by atoms with Crippen LogP contribution in [-0.2, 0) is 10.0 Å². The van der Waals surface area contributed by atoms with Crippen LogP contribution in [0.4, 0.5) is 0 Å². The van der Waals surface area contributed by atoms with Crippen molar-refractivity contribution in [2.45, 2.75) is 5.03 Å². The normalized spacial score (nSPS) is 11.2. The van der Waals surface area contributed by atoms with E-state index in [0.29, 0.717) is 10.9 Å². The molecule has 0 unspecified atom stereocenters. The van der Waals surface area contributed by atoms with Crippen molar-refractivity contribution in [3.8, 4) is 6.07 Å². The molecule has 0 aliphatic rings. The summed E-state index contributed by atoms with van der Waals surface area (Å²) in [5.41, 5.74) is 0.681. The molecule has 2 rings (SSSR count). The van der Waals surface area contributed by atoms with Crippen molar-refractivity contribution in [2.24, 2.45) is 5.14 Å². The Morgan fingerprint density at radius 2 is 2.00 bits per heavy atom. The molecule has 16 heavy (non-hydrogen) atoms. The summed E-state index contributed by atoms with van der Waals surface area (Å²) in [6.45, 7) is 0. The molecular formula is C10H7N3O2S. The van der Waals surface area contributed by atoms with Gasteiger partial charge in [0.2, 0.25) is 0 Å². The Morgan fingerprint density at radius 1 is 1.31 bits per heavy atom. The Morgan fingerprint density at radius 3 is 2.62 bits per heavy atom. The molecule has 1 heterocycles. The number of hydrogen-bond donors (Lipinski definition) is 1. The fraction of sp³-hybridized carbons (Fsp3) is 0. The van der Waals surface area contributed by atoms with Gasteiger partial charge in [0.05, 0.1) is 17.1 Å². The van der Waals surface area contributed by atoms with Gasteiger partial charge >= 0.3 is 0 Å². The van der Waals surface area contributed by atoms with E-state index in [9.17, 15) is 8.42 Å². The molecule has 0 bridgehead atoms. The van der Waals surface area contributed by atoms with E-state index in [2.05, 4.69) is 4.98 Å². The highest BCUT2D eigenvalue weighted by atomic mass is 32.2. The first kappa shape index (κ1) is 10.5. The van der Waals surface area contributed by atoms with Crippen LogP contribution in [0.25, 0.3) is 10.9 Å². The first-order valence-corrected chi connectivity index (χ1v) is 5.90. The van der Waals surface area contributed by atoms with E-state index in [0.717, 1.165) is 0 Å². The molecule has 6 heteroatoms. The van der Waals surface area contributed by atoms with Gasteiger partial charge in [-0.3, -0.25) is 0 Å². The van der Waals surface area contributed by atoms with Crippen molar-refractivity contribution >= 4 is 20.9 Å². The molecule has 0 amide bonds. The van der Waals surface area contributed by atoms with Crippen LogP contribution in [0.5, 0.6) is 0 Å². The first-order valence-electron chi connectivity index (χ1n) is 4.35. The van der Waals surface area contributed by atoms with Gasteiger partial charge < -0.3 is 0 Å². The molecule has 0 atom stereocenters. The van der Waals surface area contributed by atoms with E-state index in [1.807, 2.05) is 6.07 Å². The van der Waals surface area contributed by atoms with Crippen LogP contribution in [0.15, 0.2) is 35.4 Å². The van der Waals surface area contributed by atoms with Gasteiger partial charge in [0.25, 0.3) is 10.0 Å². The maximum absolute atomic E-state index is 11.2. The Balaban J connectivity index is 2.91. The average molecular weight is 233 g/mol. The summed E-state index contributed by atoms with van der Waals surface area (Å²) in [6.07, 6.45) is 0. The highest BCUT2D eigenvalue weighted by molar-refractivity contribution is 7.89. The zero-order chi connectivity index (χ0) is 11.8. The van der Waals surface area contributed by atoms with Gasteiger partial charge in [-0.2, -0.15) is 5.26 Å². The second-order valence-corrected chi connectivity index (χ2v) is 4.69. The Kier molecular flexibility index (Phi) is 2.34. The predicted octanol–water partition coefficient (Wildman–Crippen LogP) is 0.754. The van der Waals surface area contributed by atoms with Crippen LogP contribution in [-0.4, -0.2) is 13.4 Å². The smallest absolute Gasteiger partial charge is 0.235 e. The predicted molar refractivity (Wildman–Crippen MR) is 57.8 cm³/mol. The third kappa shape index (κ3) is 1.74. The number of fused-ring (bicyclic) bond motifs is 1. The molecule has 0 radical (unpaired) electrons. The molecule has 1 aromatic carbocycles. The Bertz CT molecular complexity index is 702. The lowest BCUT2D eigenvalue weighted by Gasteiger charge is -2.02. The van der Waals surface area contributed by atoms with Crippen LogP contribution >= 0.6 is 0 Å². The standard InChI is InChI=1S/C10H7N3O2S/c11-6-7-5-10(16(12,14)15)13-9-4-2-1-3-8(7)9/h1-5H,(H2,12,14,15). The average Bonchev–Trinajstić information content (AvgIpc) is 2.26. The van der Waals surface area contributed by atoms with E-state index >= 15 is 0 Å². The largest absolute Gasteiger partial charge is 0.255 e. The Hall–Kier alpha value is -1.97. The van der Waals surface area contributed by atoms with Crippen molar-refractivity contribution in [3.63, 3.8) is 0 Å². The number of nitriles is 1. The second kappa shape index (κ2) is 3.56. The maximum atomic E-state index is 11.2. The lowest BCUT2D eigenvalue weighted by molar-refractivity contribution is 0.594. The van der Waals surface area contributed by atoms with Crippen LogP contribution in [0.1, 0.15) is 5.56 Å². The lowest BCUT2D eigenvalue weighted by Crippen LogP contribution is -2.14. The molecule has 80 valence electrons. The van der Waals surface area contributed by atoms with E-state index in [1.54, 1.807) is 24.3 Å². The number of sulfonamides is 1. The highest BCUT2D eigenvalue weighted by Gasteiger charge is 2.13. The SMILES string of the molecule is N#Cc1cc(S(N)(=O)=O)nc2ccccc12. The zero-order valence-electron chi connectivity index (χ0n) is 8.08. The second-order valence-electron chi connectivity index (χ2n) is 3.18. The Labute approximate surface area is 92.2 Å². The van der Waals surface area contributed by atoms with E-state index in [-0.39, 0.29) is 10.6 Å². The number of primary sulfonamides is 1. The summed E-state index contributed by atoms with van der Waals surface area (Å²) in [5.74, 6) is 0. The number of benzene rings is 1. The van der Waals surface area contributed by atoms with Gasteiger partial charge in [-0.25, -0.2) is 18.5 Å². The van der Waals surface area contributed by atoms with Gasteiger partial charge in [0.1, 0.15) is 0 Å². The summed E-state index contributed by atoms with van der Waals surface area (Å²) in [6, 6.07) is 9.90. The molecule has 0 aliphatic carbocycles. The molecule has 5 nitrogen and oxygen atoms in total.